The Hall–Kier alpha value is -0.780. The van der Waals surface area contributed by atoms with E-state index >= 15 is 0 Å². The van der Waals surface area contributed by atoms with Gasteiger partial charge in [-0.05, 0) is 22.5 Å². The van der Waals surface area contributed by atoms with Crippen molar-refractivity contribution in [3.63, 3.8) is 0 Å². The van der Waals surface area contributed by atoms with Gasteiger partial charge in [-0.25, -0.2) is 9.38 Å². The molecule has 0 N–H and O–H groups in total. The van der Waals surface area contributed by atoms with Crippen molar-refractivity contribution in [1.82, 2.24) is 4.37 Å². The molecule has 6 heteroatoms. The van der Waals surface area contributed by atoms with Gasteiger partial charge in [-0.2, -0.15) is 4.37 Å². The number of nitrogens with zero attached hydrogens (tertiary/aromatic N) is 2. The summed E-state index contributed by atoms with van der Waals surface area (Å²) in [4.78, 5) is 4.06. The van der Waals surface area contributed by atoms with E-state index in [0.29, 0.717) is 9.82 Å². The molecule has 0 saturated carbocycles. The molecule has 2 aromatic rings. The van der Waals surface area contributed by atoms with Crippen LogP contribution in [0.1, 0.15) is 0 Å². The molecule has 0 fully saturated rings. The fourth-order valence-electron chi connectivity index (χ4n) is 0.877. The van der Waals surface area contributed by atoms with Crippen LogP contribution in [0.3, 0.4) is 0 Å². The van der Waals surface area contributed by atoms with Crippen molar-refractivity contribution >= 4 is 38.2 Å². The van der Waals surface area contributed by atoms with Gasteiger partial charge in [0.1, 0.15) is 11.5 Å². The molecule has 0 aliphatic heterocycles. The van der Waals surface area contributed by atoms with Crippen molar-refractivity contribution in [2.24, 2.45) is 4.99 Å². The molecule has 1 aromatic carbocycles. The Morgan fingerprint density at radius 1 is 1.36 bits per heavy atom. The number of hydrogen-bond acceptors (Lipinski definition) is 4. The summed E-state index contributed by atoms with van der Waals surface area (Å²) < 4.78 is 17.6. The summed E-state index contributed by atoms with van der Waals surface area (Å²) >= 11 is 5.74. The van der Waals surface area contributed by atoms with Gasteiger partial charge in [0, 0.05) is 10.5 Å². The molecule has 1 heterocycles. The summed E-state index contributed by atoms with van der Waals surface area (Å²) in [6.45, 7) is 0. The van der Waals surface area contributed by atoms with Gasteiger partial charge in [-0.15, -0.1) is 0 Å². The maximum atomic E-state index is 13.2. The Morgan fingerprint density at radius 3 is 2.79 bits per heavy atom. The van der Waals surface area contributed by atoms with Crippen LogP contribution in [-0.2, 0) is 0 Å². The average molecular weight is 247 g/mol. The molecule has 0 bridgehead atoms. The minimum atomic E-state index is -0.359. The summed E-state index contributed by atoms with van der Waals surface area (Å²) in [5.74, 6) is -0.359. The highest BCUT2D eigenvalue weighted by atomic mass is 35.5. The van der Waals surface area contributed by atoms with Gasteiger partial charge in [0.2, 0.25) is 0 Å². The van der Waals surface area contributed by atoms with E-state index in [9.17, 15) is 4.39 Å². The number of rotatable bonds is 1. The SMILES string of the molecule is Fc1ccccc1N=c1ssnc1Cl. The van der Waals surface area contributed by atoms with Crippen LogP contribution in [0, 0.1) is 5.82 Å². The molecule has 0 amide bonds. The van der Waals surface area contributed by atoms with E-state index < -0.39 is 0 Å². The van der Waals surface area contributed by atoms with Crippen LogP contribution in [-0.4, -0.2) is 4.37 Å². The molecule has 0 radical (unpaired) electrons. The van der Waals surface area contributed by atoms with Crippen molar-refractivity contribution in [3.05, 3.63) is 39.9 Å². The molecule has 2 rings (SSSR count). The Balaban J connectivity index is 2.54. The smallest absolute Gasteiger partial charge is 0.179 e. The van der Waals surface area contributed by atoms with Gasteiger partial charge in [-0.1, -0.05) is 23.7 Å². The van der Waals surface area contributed by atoms with Gasteiger partial charge in [0.05, 0.1) is 0 Å². The highest BCUT2D eigenvalue weighted by Crippen LogP contribution is 2.16. The lowest BCUT2D eigenvalue weighted by Gasteiger charge is -1.92. The molecule has 1 aromatic heterocycles. The first-order valence-electron chi connectivity index (χ1n) is 3.68. The normalized spacial score (nSPS) is 12.0. The standard InChI is InChI=1S/C8H4ClFN2S2/c9-7-8(13-14-12-7)11-6-4-2-1-3-5(6)10/h1-4H. The van der Waals surface area contributed by atoms with Crippen molar-refractivity contribution in [2.75, 3.05) is 0 Å². The van der Waals surface area contributed by atoms with Crippen molar-refractivity contribution in [1.29, 1.82) is 0 Å². The zero-order chi connectivity index (χ0) is 9.97. The first-order chi connectivity index (χ1) is 6.77. The Morgan fingerprint density at radius 2 is 2.14 bits per heavy atom. The fraction of sp³-hybridized carbons (Fsp3) is 0. The monoisotopic (exact) mass is 246 g/mol. The molecule has 0 spiro atoms. The van der Waals surface area contributed by atoms with Gasteiger partial charge in [0.25, 0.3) is 0 Å². The lowest BCUT2D eigenvalue weighted by atomic mass is 10.3. The second-order valence-electron chi connectivity index (χ2n) is 2.41. The highest BCUT2D eigenvalue weighted by Gasteiger charge is 2.00. The molecule has 72 valence electrons. The third kappa shape index (κ3) is 2.00. The number of aromatic nitrogens is 1. The second-order valence-corrected chi connectivity index (χ2v) is 4.60. The van der Waals surface area contributed by atoms with E-state index in [-0.39, 0.29) is 11.5 Å². The maximum Gasteiger partial charge on any atom is 0.179 e. The van der Waals surface area contributed by atoms with Crippen LogP contribution >= 0.6 is 32.5 Å². The van der Waals surface area contributed by atoms with E-state index in [1.54, 1.807) is 18.2 Å². The van der Waals surface area contributed by atoms with Crippen molar-refractivity contribution < 1.29 is 4.39 Å². The minimum Gasteiger partial charge on any atom is -0.231 e. The van der Waals surface area contributed by atoms with Crippen molar-refractivity contribution in [2.45, 2.75) is 0 Å². The summed E-state index contributed by atoms with van der Waals surface area (Å²) in [5, 5.41) is 0.322. The molecular formula is C8H4ClFN2S2. The summed E-state index contributed by atoms with van der Waals surface area (Å²) in [5.41, 5.74) is 0.283. The first kappa shape index (κ1) is 9.76. The van der Waals surface area contributed by atoms with Crippen LogP contribution in [0.2, 0.25) is 5.15 Å². The zero-order valence-corrected chi connectivity index (χ0v) is 9.17. The summed E-state index contributed by atoms with van der Waals surface area (Å²) in [6.07, 6.45) is 0. The number of halogens is 2. The lowest BCUT2D eigenvalue weighted by Crippen LogP contribution is -1.93. The van der Waals surface area contributed by atoms with Crippen LogP contribution in [0.5, 0.6) is 0 Å². The Labute approximate surface area is 91.9 Å². The Bertz CT molecular complexity index is 506. The zero-order valence-electron chi connectivity index (χ0n) is 6.78. The predicted molar refractivity (Wildman–Crippen MR) is 56.6 cm³/mol. The van der Waals surface area contributed by atoms with E-state index in [1.165, 1.54) is 26.9 Å². The van der Waals surface area contributed by atoms with Gasteiger partial charge >= 0.3 is 0 Å². The van der Waals surface area contributed by atoms with Gasteiger partial charge < -0.3 is 0 Å². The minimum absolute atomic E-state index is 0.283. The average Bonchev–Trinajstić information content (AvgIpc) is 2.56. The molecule has 0 aliphatic carbocycles. The number of benzene rings is 1. The third-order valence-electron chi connectivity index (χ3n) is 1.48. The third-order valence-corrected chi connectivity index (χ3v) is 3.66. The fourth-order valence-corrected chi connectivity index (χ4v) is 2.86. The number of hydrogen-bond donors (Lipinski definition) is 0. The maximum absolute atomic E-state index is 13.2. The Kier molecular flexibility index (Phi) is 2.90. The highest BCUT2D eigenvalue weighted by molar-refractivity contribution is 7.66. The molecule has 14 heavy (non-hydrogen) atoms. The van der Waals surface area contributed by atoms with E-state index in [4.69, 9.17) is 11.6 Å². The van der Waals surface area contributed by atoms with E-state index in [2.05, 4.69) is 9.37 Å². The van der Waals surface area contributed by atoms with E-state index in [0.717, 1.165) is 0 Å². The molecule has 0 aliphatic rings. The van der Waals surface area contributed by atoms with Crippen molar-refractivity contribution in [3.8, 4) is 0 Å². The predicted octanol–water partition coefficient (Wildman–Crippen LogP) is 3.23. The second kappa shape index (κ2) is 4.16. The lowest BCUT2D eigenvalue weighted by molar-refractivity contribution is 0.629. The quantitative estimate of drug-likeness (QED) is 0.710. The molecular weight excluding hydrogens is 243 g/mol. The summed E-state index contributed by atoms with van der Waals surface area (Å²) in [7, 11) is 2.55. The van der Waals surface area contributed by atoms with E-state index in [1.807, 2.05) is 0 Å². The van der Waals surface area contributed by atoms with Crippen LogP contribution < -0.4 is 4.67 Å². The topological polar surface area (TPSA) is 25.2 Å². The molecule has 0 atom stereocenters. The molecule has 0 saturated heterocycles. The summed E-state index contributed by atoms with van der Waals surface area (Å²) in [6, 6.07) is 6.29. The first-order valence-corrected chi connectivity index (χ1v) is 6.16. The van der Waals surface area contributed by atoms with Gasteiger partial charge in [0.15, 0.2) is 9.82 Å². The number of para-hydroxylation sites is 1. The van der Waals surface area contributed by atoms with Crippen LogP contribution in [0.25, 0.3) is 0 Å². The largest absolute Gasteiger partial charge is 0.231 e. The van der Waals surface area contributed by atoms with Crippen LogP contribution in [0.4, 0.5) is 10.1 Å². The molecule has 2 nitrogen and oxygen atoms in total. The van der Waals surface area contributed by atoms with Crippen LogP contribution in [0.15, 0.2) is 29.3 Å². The molecule has 0 unspecified atom stereocenters. The van der Waals surface area contributed by atoms with Gasteiger partial charge in [-0.3, -0.25) is 0 Å².